The number of hydrogen-bond donors (Lipinski definition) is 4. The minimum Gasteiger partial charge on any atom is -0.478 e. The molecule has 4 aromatic rings. The highest BCUT2D eigenvalue weighted by molar-refractivity contribution is 6.27. The number of rotatable bonds is 11. The molecule has 1 atom stereocenters. The molecule has 1 unspecified atom stereocenters. The van der Waals surface area contributed by atoms with Gasteiger partial charge in [0.05, 0.1) is 34.1 Å². The summed E-state index contributed by atoms with van der Waals surface area (Å²) in [5.41, 5.74) is 3.38. The Morgan fingerprint density at radius 1 is 1.00 bits per heavy atom. The second-order valence-corrected chi connectivity index (χ2v) is 9.83. The number of carboxylic acids is 1. The molecule has 39 heavy (non-hydrogen) atoms. The van der Waals surface area contributed by atoms with E-state index in [0.29, 0.717) is 25.2 Å². The van der Waals surface area contributed by atoms with Crippen molar-refractivity contribution >= 4 is 40.3 Å². The monoisotopic (exact) mass is 545 g/mol. The van der Waals surface area contributed by atoms with Crippen LogP contribution >= 0.6 is 11.6 Å². The standard InChI is InChI=1S/C30H32ClN5O3/c1-19(2)36-26-13-7-6-11-24(26)34-28(36)25(12-8-16-33-27(32)18-31)35-29(37)22-15-14-21(17-23(22)30(38)39)20-9-4-3-5-10-20/h3-7,9-11,13-15,17,19,25H,8,12,16,18H2,1-2H3,(H2,32,33)(H,35,37)(H,38,39). The molecule has 4 rings (SSSR count). The lowest BCUT2D eigenvalue weighted by atomic mass is 9.98. The van der Waals surface area contributed by atoms with Crippen LogP contribution in [0.2, 0.25) is 0 Å². The molecule has 0 saturated heterocycles. The Morgan fingerprint density at radius 3 is 2.41 bits per heavy atom. The van der Waals surface area contributed by atoms with Crippen LogP contribution in [-0.2, 0) is 0 Å². The molecular weight excluding hydrogens is 514 g/mol. The molecule has 0 saturated carbocycles. The number of aromatic carboxylic acids is 1. The number of nitrogens with one attached hydrogen (secondary N) is 3. The molecule has 1 heterocycles. The fraction of sp³-hybridized carbons (Fsp3) is 0.267. The van der Waals surface area contributed by atoms with Crippen LogP contribution in [-0.4, -0.2) is 44.8 Å². The molecule has 1 amide bonds. The van der Waals surface area contributed by atoms with Gasteiger partial charge in [0.2, 0.25) is 0 Å². The third kappa shape index (κ3) is 6.46. The number of hydrogen-bond acceptors (Lipinski definition) is 4. The summed E-state index contributed by atoms with van der Waals surface area (Å²) in [4.78, 5) is 30.7. The van der Waals surface area contributed by atoms with Crippen LogP contribution in [0.25, 0.3) is 22.2 Å². The second kappa shape index (κ2) is 12.6. The van der Waals surface area contributed by atoms with Crippen LogP contribution < -0.4 is 10.6 Å². The molecule has 0 aliphatic heterocycles. The minimum absolute atomic E-state index is 0.0674. The average Bonchev–Trinajstić information content (AvgIpc) is 3.34. The topological polar surface area (TPSA) is 120 Å². The van der Waals surface area contributed by atoms with Crippen molar-refractivity contribution in [2.45, 2.75) is 38.8 Å². The smallest absolute Gasteiger partial charge is 0.336 e. The lowest BCUT2D eigenvalue weighted by Gasteiger charge is -2.23. The number of halogens is 1. The Morgan fingerprint density at radius 2 is 1.72 bits per heavy atom. The molecule has 0 bridgehead atoms. The molecule has 0 spiro atoms. The van der Waals surface area contributed by atoms with Crippen molar-refractivity contribution in [2.24, 2.45) is 0 Å². The van der Waals surface area contributed by atoms with E-state index in [9.17, 15) is 14.7 Å². The zero-order valence-corrected chi connectivity index (χ0v) is 22.7. The summed E-state index contributed by atoms with van der Waals surface area (Å²) in [6.07, 6.45) is 1.15. The Balaban J connectivity index is 1.68. The summed E-state index contributed by atoms with van der Waals surface area (Å²) >= 11 is 5.71. The van der Waals surface area contributed by atoms with Gasteiger partial charge in [-0.2, -0.15) is 0 Å². The zero-order valence-electron chi connectivity index (χ0n) is 21.9. The first-order chi connectivity index (χ1) is 18.8. The van der Waals surface area contributed by atoms with Gasteiger partial charge in [0, 0.05) is 12.6 Å². The van der Waals surface area contributed by atoms with Gasteiger partial charge in [-0.3, -0.25) is 10.2 Å². The molecule has 202 valence electrons. The normalized spacial score (nSPS) is 11.9. The van der Waals surface area contributed by atoms with E-state index in [1.165, 1.54) is 6.07 Å². The van der Waals surface area contributed by atoms with Crippen LogP contribution in [0.4, 0.5) is 0 Å². The second-order valence-electron chi connectivity index (χ2n) is 9.56. The molecule has 8 nitrogen and oxygen atoms in total. The van der Waals surface area contributed by atoms with E-state index in [1.807, 2.05) is 54.6 Å². The Hall–Kier alpha value is -4.17. The highest BCUT2D eigenvalue weighted by Gasteiger charge is 2.26. The van der Waals surface area contributed by atoms with Gasteiger partial charge in [-0.15, -0.1) is 11.6 Å². The van der Waals surface area contributed by atoms with Crippen LogP contribution in [0.3, 0.4) is 0 Å². The third-order valence-corrected chi connectivity index (χ3v) is 6.77. The Bertz CT molecular complexity index is 1480. The van der Waals surface area contributed by atoms with Gasteiger partial charge in [0.25, 0.3) is 5.91 Å². The number of benzene rings is 3. The molecule has 0 radical (unpaired) electrons. The Labute approximate surface area is 232 Å². The first kappa shape index (κ1) is 27.9. The van der Waals surface area contributed by atoms with Crippen molar-refractivity contribution in [3.8, 4) is 11.1 Å². The summed E-state index contributed by atoms with van der Waals surface area (Å²) in [5, 5.41) is 23.7. The van der Waals surface area contributed by atoms with E-state index in [0.717, 1.165) is 22.2 Å². The van der Waals surface area contributed by atoms with E-state index >= 15 is 0 Å². The highest BCUT2D eigenvalue weighted by Crippen LogP contribution is 2.28. The number of carbonyl (C=O) groups is 2. The fourth-order valence-electron chi connectivity index (χ4n) is 4.68. The molecule has 4 N–H and O–H groups in total. The quantitative estimate of drug-likeness (QED) is 0.0792. The number of amides is 1. The van der Waals surface area contributed by atoms with Gasteiger partial charge in [0.1, 0.15) is 11.7 Å². The number of alkyl halides is 1. The third-order valence-electron chi connectivity index (χ3n) is 6.50. The minimum atomic E-state index is -1.17. The van der Waals surface area contributed by atoms with E-state index in [1.54, 1.807) is 12.1 Å². The number of aromatic nitrogens is 2. The predicted octanol–water partition coefficient (Wildman–Crippen LogP) is 6.04. The lowest BCUT2D eigenvalue weighted by molar-refractivity contribution is 0.0690. The first-order valence-electron chi connectivity index (χ1n) is 12.9. The van der Waals surface area contributed by atoms with Crippen molar-refractivity contribution < 1.29 is 14.7 Å². The SMILES string of the molecule is CC(C)n1c(C(CCCNC(=N)CCl)NC(=O)c2ccc(-c3ccccc3)cc2C(=O)O)nc2ccccc21. The van der Waals surface area contributed by atoms with Gasteiger partial charge < -0.3 is 20.3 Å². The summed E-state index contributed by atoms with van der Waals surface area (Å²) in [6.45, 7) is 4.63. The maximum atomic E-state index is 13.6. The largest absolute Gasteiger partial charge is 0.478 e. The summed E-state index contributed by atoms with van der Waals surface area (Å²) < 4.78 is 2.10. The van der Waals surface area contributed by atoms with Crippen LogP contribution in [0, 0.1) is 5.41 Å². The summed E-state index contributed by atoms with van der Waals surface area (Å²) in [6, 6.07) is 21.7. The van der Waals surface area contributed by atoms with Crippen LogP contribution in [0.1, 0.15) is 65.3 Å². The first-order valence-corrected chi connectivity index (χ1v) is 13.4. The molecule has 0 aliphatic carbocycles. The van der Waals surface area contributed by atoms with Crippen molar-refractivity contribution in [3.05, 3.63) is 89.7 Å². The number of carbonyl (C=O) groups excluding carboxylic acids is 1. The molecule has 0 fully saturated rings. The van der Waals surface area contributed by atoms with Gasteiger partial charge in [-0.25, -0.2) is 9.78 Å². The maximum absolute atomic E-state index is 13.6. The summed E-state index contributed by atoms with van der Waals surface area (Å²) in [5.74, 6) is -0.630. The molecule has 1 aromatic heterocycles. The number of fused-ring (bicyclic) bond motifs is 1. The summed E-state index contributed by atoms with van der Waals surface area (Å²) in [7, 11) is 0. The predicted molar refractivity (Wildman–Crippen MR) is 155 cm³/mol. The zero-order chi connectivity index (χ0) is 27.9. The lowest BCUT2D eigenvalue weighted by Crippen LogP contribution is -2.33. The van der Waals surface area contributed by atoms with Crippen molar-refractivity contribution in [3.63, 3.8) is 0 Å². The van der Waals surface area contributed by atoms with Crippen molar-refractivity contribution in [2.75, 3.05) is 12.4 Å². The van der Waals surface area contributed by atoms with Gasteiger partial charge in [-0.05, 0) is 62.1 Å². The van der Waals surface area contributed by atoms with E-state index < -0.39 is 17.9 Å². The van der Waals surface area contributed by atoms with Crippen LogP contribution in [0.15, 0.2) is 72.8 Å². The highest BCUT2D eigenvalue weighted by atomic mass is 35.5. The van der Waals surface area contributed by atoms with Crippen molar-refractivity contribution in [1.82, 2.24) is 20.2 Å². The van der Waals surface area contributed by atoms with Gasteiger partial charge in [0.15, 0.2) is 0 Å². The van der Waals surface area contributed by atoms with Gasteiger partial charge >= 0.3 is 5.97 Å². The number of carboxylic acid groups (broad SMARTS) is 1. The maximum Gasteiger partial charge on any atom is 0.336 e. The van der Waals surface area contributed by atoms with Gasteiger partial charge in [-0.1, -0.05) is 48.5 Å². The van der Waals surface area contributed by atoms with Crippen LogP contribution in [0.5, 0.6) is 0 Å². The molecular formula is C30H32ClN5O3. The number of para-hydroxylation sites is 2. The van der Waals surface area contributed by atoms with E-state index in [-0.39, 0.29) is 28.9 Å². The van der Waals surface area contributed by atoms with E-state index in [4.69, 9.17) is 22.0 Å². The number of amidine groups is 1. The Kier molecular flexibility index (Phi) is 8.99. The van der Waals surface area contributed by atoms with E-state index in [2.05, 4.69) is 29.0 Å². The number of nitrogens with zero attached hydrogens (tertiary/aromatic N) is 2. The number of imidazole rings is 1. The molecule has 0 aliphatic rings. The molecule has 3 aromatic carbocycles. The van der Waals surface area contributed by atoms with Crippen molar-refractivity contribution in [1.29, 1.82) is 5.41 Å². The molecule has 9 heteroatoms. The fourth-order valence-corrected chi connectivity index (χ4v) is 4.77. The average molecular weight is 546 g/mol.